The van der Waals surface area contributed by atoms with Gasteiger partial charge in [-0.1, -0.05) is 0 Å². The molecule has 1 aliphatic heterocycles. The van der Waals surface area contributed by atoms with Crippen LogP contribution in [-0.2, 0) is 9.53 Å². The quantitative estimate of drug-likeness (QED) is 0.679. The van der Waals surface area contributed by atoms with Crippen molar-refractivity contribution in [2.45, 2.75) is 50.3 Å². The van der Waals surface area contributed by atoms with Gasteiger partial charge < -0.3 is 15.8 Å². The molecule has 3 N–H and O–H groups in total. The van der Waals surface area contributed by atoms with Crippen LogP contribution in [0.4, 0.5) is 0 Å². The van der Waals surface area contributed by atoms with Crippen molar-refractivity contribution in [3.63, 3.8) is 0 Å². The standard InChI is InChI=1S/C10H18N2O2/c11-8-6-9(8)12-10(13)5-7-3-1-2-4-14-7/h7-9H,1-6,11H2,(H,12,13). The Hall–Kier alpha value is -0.610. The second kappa shape index (κ2) is 4.28. The summed E-state index contributed by atoms with van der Waals surface area (Å²) in [5.74, 6) is 0.0925. The highest BCUT2D eigenvalue weighted by atomic mass is 16.5. The van der Waals surface area contributed by atoms with E-state index in [0.29, 0.717) is 6.42 Å². The summed E-state index contributed by atoms with van der Waals surface area (Å²) in [6, 6.07) is 0.414. The highest BCUT2D eigenvalue weighted by Gasteiger charge is 2.35. The summed E-state index contributed by atoms with van der Waals surface area (Å²) >= 11 is 0. The van der Waals surface area contributed by atoms with E-state index in [1.807, 2.05) is 0 Å². The number of nitrogens with two attached hydrogens (primary N) is 1. The summed E-state index contributed by atoms with van der Waals surface area (Å²) in [5, 5.41) is 2.91. The van der Waals surface area contributed by atoms with E-state index in [-0.39, 0.29) is 24.1 Å². The van der Waals surface area contributed by atoms with Crippen LogP contribution in [0.2, 0.25) is 0 Å². The molecule has 4 heteroatoms. The first-order chi connectivity index (χ1) is 6.75. The minimum absolute atomic E-state index is 0.0925. The van der Waals surface area contributed by atoms with E-state index in [1.54, 1.807) is 0 Å². The van der Waals surface area contributed by atoms with Crippen LogP contribution in [-0.4, -0.2) is 30.7 Å². The Kier molecular flexibility index (Phi) is 3.03. The van der Waals surface area contributed by atoms with E-state index in [0.717, 1.165) is 25.9 Å². The lowest BCUT2D eigenvalue weighted by atomic mass is 10.1. The zero-order valence-electron chi connectivity index (χ0n) is 8.37. The van der Waals surface area contributed by atoms with Crippen molar-refractivity contribution < 1.29 is 9.53 Å². The number of carbonyl (C=O) groups excluding carboxylic acids is 1. The number of ether oxygens (including phenoxy) is 1. The minimum atomic E-state index is 0.0925. The van der Waals surface area contributed by atoms with Crippen LogP contribution in [0, 0.1) is 0 Å². The van der Waals surface area contributed by atoms with Crippen molar-refractivity contribution in [3.8, 4) is 0 Å². The highest BCUT2D eigenvalue weighted by Crippen LogP contribution is 2.19. The van der Waals surface area contributed by atoms with E-state index in [1.165, 1.54) is 6.42 Å². The summed E-state index contributed by atoms with van der Waals surface area (Å²) in [6.45, 7) is 0.806. The summed E-state index contributed by atoms with van der Waals surface area (Å²) in [4.78, 5) is 11.5. The third-order valence-electron chi connectivity index (χ3n) is 2.87. The van der Waals surface area contributed by atoms with Gasteiger partial charge in [0.15, 0.2) is 0 Å². The monoisotopic (exact) mass is 198 g/mol. The van der Waals surface area contributed by atoms with Gasteiger partial charge in [-0.05, 0) is 25.7 Å². The van der Waals surface area contributed by atoms with Crippen molar-refractivity contribution in [2.75, 3.05) is 6.61 Å². The number of amides is 1. The van der Waals surface area contributed by atoms with Gasteiger partial charge in [-0.3, -0.25) is 4.79 Å². The molecule has 14 heavy (non-hydrogen) atoms. The molecule has 4 nitrogen and oxygen atoms in total. The van der Waals surface area contributed by atoms with E-state index in [9.17, 15) is 4.79 Å². The lowest BCUT2D eigenvalue weighted by molar-refractivity contribution is -0.125. The van der Waals surface area contributed by atoms with Crippen molar-refractivity contribution in [1.29, 1.82) is 0 Å². The van der Waals surface area contributed by atoms with Crippen molar-refractivity contribution in [2.24, 2.45) is 5.73 Å². The fourth-order valence-corrected chi connectivity index (χ4v) is 1.82. The zero-order chi connectivity index (χ0) is 9.97. The highest BCUT2D eigenvalue weighted by molar-refractivity contribution is 5.77. The van der Waals surface area contributed by atoms with E-state index >= 15 is 0 Å². The molecule has 0 spiro atoms. The first-order valence-electron chi connectivity index (χ1n) is 5.42. The average Bonchev–Trinajstić information content (AvgIpc) is 2.83. The Balaban J connectivity index is 1.65. The molecule has 2 rings (SSSR count). The topological polar surface area (TPSA) is 64.3 Å². The van der Waals surface area contributed by atoms with Crippen LogP contribution < -0.4 is 11.1 Å². The summed E-state index contributed by atoms with van der Waals surface area (Å²) in [6.07, 6.45) is 4.90. The fourth-order valence-electron chi connectivity index (χ4n) is 1.82. The van der Waals surface area contributed by atoms with Gasteiger partial charge in [0.1, 0.15) is 0 Å². The van der Waals surface area contributed by atoms with Gasteiger partial charge >= 0.3 is 0 Å². The van der Waals surface area contributed by atoms with Crippen molar-refractivity contribution in [1.82, 2.24) is 5.32 Å². The van der Waals surface area contributed by atoms with Crippen LogP contribution >= 0.6 is 0 Å². The molecule has 0 aromatic carbocycles. The summed E-state index contributed by atoms with van der Waals surface area (Å²) < 4.78 is 5.49. The number of nitrogens with one attached hydrogen (secondary N) is 1. The molecule has 1 aliphatic carbocycles. The second-order valence-corrected chi connectivity index (χ2v) is 4.27. The molecule has 1 saturated carbocycles. The van der Waals surface area contributed by atoms with E-state index in [2.05, 4.69) is 5.32 Å². The molecule has 3 atom stereocenters. The molecule has 2 fully saturated rings. The van der Waals surface area contributed by atoms with Gasteiger partial charge in [0.05, 0.1) is 12.5 Å². The lowest BCUT2D eigenvalue weighted by Crippen LogP contribution is -2.33. The molecule has 1 saturated heterocycles. The molecule has 3 unspecified atom stereocenters. The maximum atomic E-state index is 11.5. The molecular formula is C10H18N2O2. The largest absolute Gasteiger partial charge is 0.378 e. The lowest BCUT2D eigenvalue weighted by Gasteiger charge is -2.21. The van der Waals surface area contributed by atoms with Gasteiger partial charge in [0.25, 0.3) is 0 Å². The van der Waals surface area contributed by atoms with Crippen molar-refractivity contribution in [3.05, 3.63) is 0 Å². The zero-order valence-corrected chi connectivity index (χ0v) is 8.37. The van der Waals surface area contributed by atoms with E-state index < -0.39 is 0 Å². The molecule has 0 radical (unpaired) electrons. The normalized spacial score (nSPS) is 36.5. The molecule has 0 aromatic rings. The van der Waals surface area contributed by atoms with Crippen LogP contribution in [0.3, 0.4) is 0 Å². The fraction of sp³-hybridized carbons (Fsp3) is 0.900. The molecule has 1 heterocycles. The van der Waals surface area contributed by atoms with E-state index in [4.69, 9.17) is 10.5 Å². The number of rotatable bonds is 3. The maximum absolute atomic E-state index is 11.5. The number of hydrogen-bond donors (Lipinski definition) is 2. The molecule has 80 valence electrons. The van der Waals surface area contributed by atoms with Crippen molar-refractivity contribution >= 4 is 5.91 Å². The minimum Gasteiger partial charge on any atom is -0.378 e. The Morgan fingerprint density at radius 1 is 1.50 bits per heavy atom. The third kappa shape index (κ3) is 2.69. The predicted molar refractivity (Wildman–Crippen MR) is 52.7 cm³/mol. The Bertz CT molecular complexity index is 214. The number of carbonyl (C=O) groups is 1. The number of hydrogen-bond acceptors (Lipinski definition) is 3. The van der Waals surface area contributed by atoms with Crippen LogP contribution in [0.5, 0.6) is 0 Å². The average molecular weight is 198 g/mol. The third-order valence-corrected chi connectivity index (χ3v) is 2.87. The second-order valence-electron chi connectivity index (χ2n) is 4.27. The first kappa shape index (κ1) is 9.93. The molecular weight excluding hydrogens is 180 g/mol. The Morgan fingerprint density at radius 2 is 2.29 bits per heavy atom. The molecule has 0 bridgehead atoms. The van der Waals surface area contributed by atoms with Gasteiger partial charge in [-0.15, -0.1) is 0 Å². The maximum Gasteiger partial charge on any atom is 0.222 e. The van der Waals surface area contributed by atoms with Crippen LogP contribution in [0.15, 0.2) is 0 Å². The predicted octanol–water partition coefficient (Wildman–Crippen LogP) is 0.161. The molecule has 2 aliphatic rings. The smallest absolute Gasteiger partial charge is 0.222 e. The summed E-state index contributed by atoms with van der Waals surface area (Å²) in [7, 11) is 0. The van der Waals surface area contributed by atoms with Gasteiger partial charge in [0.2, 0.25) is 5.91 Å². The SMILES string of the molecule is NC1CC1NC(=O)CC1CCCCO1. The van der Waals surface area contributed by atoms with Gasteiger partial charge in [-0.2, -0.15) is 0 Å². The summed E-state index contributed by atoms with van der Waals surface area (Å²) in [5.41, 5.74) is 5.60. The Morgan fingerprint density at radius 3 is 2.86 bits per heavy atom. The van der Waals surface area contributed by atoms with Gasteiger partial charge in [0, 0.05) is 18.7 Å². The van der Waals surface area contributed by atoms with Crippen LogP contribution in [0.1, 0.15) is 32.1 Å². The molecule has 1 amide bonds. The van der Waals surface area contributed by atoms with Crippen LogP contribution in [0.25, 0.3) is 0 Å². The van der Waals surface area contributed by atoms with Gasteiger partial charge in [-0.25, -0.2) is 0 Å². The molecule has 0 aromatic heterocycles. The Labute approximate surface area is 84.2 Å². The first-order valence-corrected chi connectivity index (χ1v) is 5.42.